The predicted molar refractivity (Wildman–Crippen MR) is 302 cm³/mol. The average molecular weight is 972 g/mol. The van der Waals surface area contributed by atoms with Crippen molar-refractivity contribution in [3.8, 4) is 0 Å². The van der Waals surface area contributed by atoms with Gasteiger partial charge in [-0.25, -0.2) is 0 Å². The van der Waals surface area contributed by atoms with E-state index in [1.165, 1.54) is 77.0 Å². The number of unbranched alkanes of at least 4 members (excludes halogenated alkanes) is 22. The van der Waals surface area contributed by atoms with E-state index >= 15 is 0 Å². The Labute approximate surface area is 431 Å². The van der Waals surface area contributed by atoms with Crippen molar-refractivity contribution in [2.45, 2.75) is 264 Å². The standard InChI is InChI=1S/C64H106O6/c1-4-7-10-13-16-19-22-25-28-29-30-31-32-33-34-35-37-39-42-45-48-51-54-57-63(66)69-60-61(59-68-62(65)56-53-50-47-44-41-38-27-24-21-18-15-12-9-6-3)70-64(67)58-55-52-49-46-43-40-36-26-23-20-17-14-11-8-5-2/h7-8,10-11,16-17,19-20,24-28,30-31,33-34,36,61H,4-6,9,12-15,18,21-23,29,32,35,37-60H2,1-3H3/b10-7-,11-8-,19-16-,20-17-,27-24-,28-25-,31-30-,34-33-,36-26-. The second kappa shape index (κ2) is 57.6. The first-order valence-corrected chi connectivity index (χ1v) is 28.9. The van der Waals surface area contributed by atoms with Crippen LogP contribution in [0.25, 0.3) is 0 Å². The van der Waals surface area contributed by atoms with Crippen LogP contribution >= 0.6 is 0 Å². The second-order valence-corrected chi connectivity index (χ2v) is 18.8. The van der Waals surface area contributed by atoms with Gasteiger partial charge in [-0.2, -0.15) is 0 Å². The molecule has 0 rings (SSSR count). The van der Waals surface area contributed by atoms with Crippen molar-refractivity contribution < 1.29 is 28.6 Å². The van der Waals surface area contributed by atoms with Crippen molar-refractivity contribution >= 4 is 17.9 Å². The van der Waals surface area contributed by atoms with E-state index in [2.05, 4.69) is 130 Å². The monoisotopic (exact) mass is 971 g/mol. The number of allylic oxidation sites excluding steroid dienone is 18. The van der Waals surface area contributed by atoms with Crippen LogP contribution in [0, 0.1) is 0 Å². The van der Waals surface area contributed by atoms with Crippen LogP contribution in [0.4, 0.5) is 0 Å². The molecule has 1 unspecified atom stereocenters. The zero-order valence-electron chi connectivity index (χ0n) is 45.5. The maximum Gasteiger partial charge on any atom is 0.306 e. The first-order valence-electron chi connectivity index (χ1n) is 28.9. The van der Waals surface area contributed by atoms with Gasteiger partial charge < -0.3 is 14.2 Å². The molecule has 6 heteroatoms. The van der Waals surface area contributed by atoms with Crippen molar-refractivity contribution in [3.05, 3.63) is 109 Å². The molecule has 70 heavy (non-hydrogen) atoms. The van der Waals surface area contributed by atoms with Crippen LogP contribution in [0.2, 0.25) is 0 Å². The van der Waals surface area contributed by atoms with Crippen LogP contribution in [0.15, 0.2) is 109 Å². The third kappa shape index (κ3) is 55.0. The summed E-state index contributed by atoms with van der Waals surface area (Å²) in [5, 5.41) is 0. The van der Waals surface area contributed by atoms with E-state index in [4.69, 9.17) is 14.2 Å². The molecule has 6 nitrogen and oxygen atoms in total. The Bertz CT molecular complexity index is 1440. The van der Waals surface area contributed by atoms with Gasteiger partial charge in [0.2, 0.25) is 0 Å². The van der Waals surface area contributed by atoms with Crippen LogP contribution in [0.5, 0.6) is 0 Å². The molecule has 0 N–H and O–H groups in total. The first kappa shape index (κ1) is 66.1. The summed E-state index contributed by atoms with van der Waals surface area (Å²) in [5.41, 5.74) is 0. The molecule has 0 saturated heterocycles. The number of carbonyl (C=O) groups excluding carboxylic acids is 3. The minimum Gasteiger partial charge on any atom is -0.462 e. The van der Waals surface area contributed by atoms with Crippen molar-refractivity contribution in [2.24, 2.45) is 0 Å². The fraction of sp³-hybridized carbons (Fsp3) is 0.672. The highest BCUT2D eigenvalue weighted by Crippen LogP contribution is 2.14. The second-order valence-electron chi connectivity index (χ2n) is 18.8. The maximum absolute atomic E-state index is 12.8. The molecule has 0 amide bonds. The SMILES string of the molecule is CC/C=C\C/C=C\C/C=C\C/C=C\C/C=C\CCCCCCCCCC(=O)OCC(COC(=O)CCCCCCC/C=C\CCCCCCC)OC(=O)CCCCCCC/C=C\C/C=C\C/C=C\CC. The number of hydrogen-bond donors (Lipinski definition) is 0. The highest BCUT2D eigenvalue weighted by molar-refractivity contribution is 5.71. The van der Waals surface area contributed by atoms with Crippen LogP contribution in [-0.4, -0.2) is 37.2 Å². The summed E-state index contributed by atoms with van der Waals surface area (Å²) in [6.07, 6.45) is 77.9. The lowest BCUT2D eigenvalue weighted by atomic mass is 10.1. The van der Waals surface area contributed by atoms with E-state index in [9.17, 15) is 14.4 Å². The summed E-state index contributed by atoms with van der Waals surface area (Å²) in [7, 11) is 0. The van der Waals surface area contributed by atoms with Gasteiger partial charge >= 0.3 is 17.9 Å². The molecule has 0 radical (unpaired) electrons. The molecule has 0 spiro atoms. The molecule has 0 fully saturated rings. The Balaban J connectivity index is 4.41. The van der Waals surface area contributed by atoms with Crippen molar-refractivity contribution in [1.29, 1.82) is 0 Å². The molecule has 0 aromatic carbocycles. The van der Waals surface area contributed by atoms with E-state index in [-0.39, 0.29) is 31.1 Å². The Hall–Kier alpha value is -3.93. The van der Waals surface area contributed by atoms with Gasteiger partial charge in [0.15, 0.2) is 6.10 Å². The Morgan fingerprint density at radius 2 is 0.557 bits per heavy atom. The van der Waals surface area contributed by atoms with Gasteiger partial charge in [-0.1, -0.05) is 226 Å². The summed E-state index contributed by atoms with van der Waals surface area (Å²) in [6, 6.07) is 0. The Morgan fingerprint density at radius 3 is 0.886 bits per heavy atom. The van der Waals surface area contributed by atoms with E-state index < -0.39 is 6.10 Å². The van der Waals surface area contributed by atoms with E-state index in [0.29, 0.717) is 19.3 Å². The van der Waals surface area contributed by atoms with Gasteiger partial charge in [-0.3, -0.25) is 14.4 Å². The number of ether oxygens (including phenoxy) is 3. The van der Waals surface area contributed by atoms with E-state index in [1.54, 1.807) is 0 Å². The summed E-state index contributed by atoms with van der Waals surface area (Å²) < 4.78 is 16.8. The van der Waals surface area contributed by atoms with Crippen LogP contribution < -0.4 is 0 Å². The molecule has 0 aromatic heterocycles. The molecule has 0 aromatic rings. The fourth-order valence-corrected chi connectivity index (χ4v) is 7.71. The molecule has 0 saturated carbocycles. The molecule has 0 aliphatic rings. The molecular formula is C64H106O6. The van der Waals surface area contributed by atoms with Gasteiger partial charge in [0.1, 0.15) is 13.2 Å². The first-order chi connectivity index (χ1) is 34.5. The lowest BCUT2D eigenvalue weighted by Gasteiger charge is -2.18. The van der Waals surface area contributed by atoms with Gasteiger partial charge in [0.05, 0.1) is 0 Å². The quantitative estimate of drug-likeness (QED) is 0.0262. The van der Waals surface area contributed by atoms with Crippen molar-refractivity contribution in [1.82, 2.24) is 0 Å². The largest absolute Gasteiger partial charge is 0.462 e. The molecule has 0 bridgehead atoms. The van der Waals surface area contributed by atoms with Gasteiger partial charge in [-0.05, 0) is 122 Å². The minimum absolute atomic E-state index is 0.0942. The van der Waals surface area contributed by atoms with Crippen molar-refractivity contribution in [2.75, 3.05) is 13.2 Å². The molecular weight excluding hydrogens is 865 g/mol. The van der Waals surface area contributed by atoms with Gasteiger partial charge in [0, 0.05) is 19.3 Å². The highest BCUT2D eigenvalue weighted by Gasteiger charge is 2.19. The zero-order chi connectivity index (χ0) is 50.7. The third-order valence-electron chi connectivity index (χ3n) is 12.0. The van der Waals surface area contributed by atoms with E-state index in [1.807, 2.05) is 0 Å². The Morgan fingerprint density at radius 1 is 0.300 bits per heavy atom. The van der Waals surface area contributed by atoms with Crippen LogP contribution in [0.1, 0.15) is 258 Å². The van der Waals surface area contributed by atoms with Crippen LogP contribution in [-0.2, 0) is 28.6 Å². The van der Waals surface area contributed by atoms with Crippen molar-refractivity contribution in [3.63, 3.8) is 0 Å². The molecule has 0 aliphatic carbocycles. The average Bonchev–Trinajstić information content (AvgIpc) is 3.36. The van der Waals surface area contributed by atoms with E-state index in [0.717, 1.165) is 141 Å². The smallest absolute Gasteiger partial charge is 0.306 e. The van der Waals surface area contributed by atoms with Crippen LogP contribution in [0.3, 0.4) is 0 Å². The topological polar surface area (TPSA) is 78.9 Å². The number of rotatable bonds is 51. The molecule has 0 heterocycles. The number of hydrogen-bond acceptors (Lipinski definition) is 6. The van der Waals surface area contributed by atoms with Gasteiger partial charge in [0.25, 0.3) is 0 Å². The summed E-state index contributed by atoms with van der Waals surface area (Å²) >= 11 is 0. The third-order valence-corrected chi connectivity index (χ3v) is 12.0. The lowest BCUT2D eigenvalue weighted by molar-refractivity contribution is -0.167. The number of carbonyl (C=O) groups is 3. The Kier molecular flexibility index (Phi) is 54.4. The normalized spacial score (nSPS) is 12.9. The maximum atomic E-state index is 12.8. The molecule has 398 valence electrons. The summed E-state index contributed by atoms with van der Waals surface area (Å²) in [5.74, 6) is -0.930. The summed E-state index contributed by atoms with van der Waals surface area (Å²) in [4.78, 5) is 38.2. The lowest BCUT2D eigenvalue weighted by Crippen LogP contribution is -2.30. The number of esters is 3. The molecule has 0 aliphatic heterocycles. The fourth-order valence-electron chi connectivity index (χ4n) is 7.71. The highest BCUT2D eigenvalue weighted by atomic mass is 16.6. The zero-order valence-corrected chi connectivity index (χ0v) is 45.5. The summed E-state index contributed by atoms with van der Waals surface area (Å²) in [6.45, 7) is 6.38. The minimum atomic E-state index is -0.797. The predicted octanol–water partition coefficient (Wildman–Crippen LogP) is 19.5. The van der Waals surface area contributed by atoms with Gasteiger partial charge in [-0.15, -0.1) is 0 Å². The molecule has 1 atom stereocenters.